The number of nitrogens with zero attached hydrogens (tertiary/aromatic N) is 3. The first-order valence-corrected chi connectivity index (χ1v) is 7.63. The third-order valence-electron chi connectivity index (χ3n) is 3.38. The van der Waals surface area contributed by atoms with E-state index in [9.17, 15) is 4.79 Å². The van der Waals surface area contributed by atoms with Crippen LogP contribution in [0.2, 0.25) is 0 Å². The molecule has 1 aromatic heterocycles. The van der Waals surface area contributed by atoms with Crippen LogP contribution in [0.25, 0.3) is 0 Å². The molecule has 0 unspecified atom stereocenters. The van der Waals surface area contributed by atoms with Crippen molar-refractivity contribution in [2.45, 2.75) is 13.2 Å². The molecule has 6 nitrogen and oxygen atoms in total. The Kier molecular flexibility index (Phi) is 5.07. The van der Waals surface area contributed by atoms with Gasteiger partial charge in [-0.2, -0.15) is 10.4 Å². The van der Waals surface area contributed by atoms with E-state index in [-0.39, 0.29) is 13.2 Å². The van der Waals surface area contributed by atoms with Gasteiger partial charge in [0.15, 0.2) is 5.75 Å². The van der Waals surface area contributed by atoms with E-state index in [0.29, 0.717) is 17.1 Å². The summed E-state index contributed by atoms with van der Waals surface area (Å²) >= 11 is 0. The van der Waals surface area contributed by atoms with Crippen LogP contribution in [0, 0.1) is 11.3 Å². The van der Waals surface area contributed by atoms with Gasteiger partial charge in [-0.25, -0.2) is 0 Å². The lowest BCUT2D eigenvalue weighted by Crippen LogP contribution is -2.13. The van der Waals surface area contributed by atoms with E-state index in [1.165, 1.54) is 10.9 Å². The molecule has 3 rings (SSSR count). The van der Waals surface area contributed by atoms with E-state index in [1.54, 1.807) is 30.5 Å². The third-order valence-corrected chi connectivity index (χ3v) is 3.38. The summed E-state index contributed by atoms with van der Waals surface area (Å²) in [6.07, 6.45) is 3.07. The van der Waals surface area contributed by atoms with E-state index in [4.69, 9.17) is 14.7 Å². The number of nitriles is 1. The highest BCUT2D eigenvalue weighted by Crippen LogP contribution is 2.24. The van der Waals surface area contributed by atoms with Crippen molar-refractivity contribution in [1.29, 1.82) is 5.26 Å². The van der Waals surface area contributed by atoms with Crippen LogP contribution in [0.1, 0.15) is 11.1 Å². The van der Waals surface area contributed by atoms with Crippen molar-refractivity contribution in [3.8, 4) is 17.6 Å². The number of carbonyl (C=O) groups is 1. The highest BCUT2D eigenvalue weighted by molar-refractivity contribution is 5.69. The maximum absolute atomic E-state index is 11.9. The monoisotopic (exact) mass is 333 g/mol. The van der Waals surface area contributed by atoms with E-state index in [2.05, 4.69) is 11.2 Å². The molecular weight excluding hydrogens is 318 g/mol. The molecule has 124 valence electrons. The Morgan fingerprint density at radius 2 is 1.88 bits per heavy atom. The van der Waals surface area contributed by atoms with Crippen LogP contribution in [-0.4, -0.2) is 15.7 Å². The average molecular weight is 333 g/mol. The molecule has 0 radical (unpaired) electrons. The Balaban J connectivity index is 1.56. The van der Waals surface area contributed by atoms with Crippen LogP contribution in [0.15, 0.2) is 67.0 Å². The molecule has 0 saturated carbocycles. The molecule has 0 bridgehead atoms. The minimum atomic E-state index is -0.393. The molecule has 6 heteroatoms. The maximum atomic E-state index is 11.9. The van der Waals surface area contributed by atoms with Crippen molar-refractivity contribution >= 4 is 5.97 Å². The number of hydrogen-bond acceptors (Lipinski definition) is 5. The predicted molar refractivity (Wildman–Crippen MR) is 89.7 cm³/mol. The van der Waals surface area contributed by atoms with Crippen LogP contribution in [0.5, 0.6) is 11.5 Å². The smallest absolute Gasteiger partial charge is 0.328 e. The minimum absolute atomic E-state index is 0.0178. The van der Waals surface area contributed by atoms with Gasteiger partial charge in [0.1, 0.15) is 25.0 Å². The molecule has 0 fully saturated rings. The zero-order valence-corrected chi connectivity index (χ0v) is 13.3. The summed E-state index contributed by atoms with van der Waals surface area (Å²) in [5, 5.41) is 13.1. The molecule has 0 aliphatic heterocycles. The summed E-state index contributed by atoms with van der Waals surface area (Å²) in [5.41, 5.74) is 1.35. The Bertz CT molecular complexity index is 898. The lowest BCUT2D eigenvalue weighted by atomic mass is 10.2. The number of carbonyl (C=O) groups excluding carboxylic acids is 1. The number of ether oxygens (including phenoxy) is 2. The lowest BCUT2D eigenvalue weighted by Gasteiger charge is -2.05. The molecule has 3 aromatic rings. The predicted octanol–water partition coefficient (Wildman–Crippen LogP) is 3.29. The molecule has 0 saturated heterocycles. The van der Waals surface area contributed by atoms with Crippen molar-refractivity contribution in [2.75, 3.05) is 0 Å². The van der Waals surface area contributed by atoms with Gasteiger partial charge in [-0.1, -0.05) is 42.5 Å². The Labute approximate surface area is 144 Å². The average Bonchev–Trinajstić information content (AvgIpc) is 3.08. The van der Waals surface area contributed by atoms with Gasteiger partial charge >= 0.3 is 5.97 Å². The van der Waals surface area contributed by atoms with Gasteiger partial charge in [0.05, 0.1) is 18.0 Å². The van der Waals surface area contributed by atoms with Crippen molar-refractivity contribution in [1.82, 2.24) is 9.78 Å². The van der Waals surface area contributed by atoms with Crippen molar-refractivity contribution in [3.05, 3.63) is 78.1 Å². The number of aromatic nitrogens is 2. The fourth-order valence-corrected chi connectivity index (χ4v) is 2.17. The van der Waals surface area contributed by atoms with Crippen LogP contribution in [0.3, 0.4) is 0 Å². The number of para-hydroxylation sites is 1. The number of benzene rings is 2. The second-order valence-electron chi connectivity index (χ2n) is 5.23. The standard InChI is InChI=1S/C19H15N3O3/c20-10-16-8-4-5-9-18(16)25-17-11-21-22(12-17)13-19(23)24-14-15-6-2-1-3-7-15/h1-9,11-12H,13-14H2. The van der Waals surface area contributed by atoms with Gasteiger partial charge in [-0.05, 0) is 17.7 Å². The molecular formula is C19H15N3O3. The highest BCUT2D eigenvalue weighted by atomic mass is 16.5. The molecule has 2 aromatic carbocycles. The molecule has 0 spiro atoms. The summed E-state index contributed by atoms with van der Waals surface area (Å²) in [6.45, 7) is 0.204. The first-order valence-electron chi connectivity index (χ1n) is 7.63. The van der Waals surface area contributed by atoms with E-state index >= 15 is 0 Å². The Hall–Kier alpha value is -3.59. The van der Waals surface area contributed by atoms with Crippen LogP contribution >= 0.6 is 0 Å². The second-order valence-corrected chi connectivity index (χ2v) is 5.23. The van der Waals surface area contributed by atoms with Crippen molar-refractivity contribution < 1.29 is 14.3 Å². The summed E-state index contributed by atoms with van der Waals surface area (Å²) in [7, 11) is 0. The number of rotatable bonds is 6. The SMILES string of the molecule is N#Cc1ccccc1Oc1cnn(CC(=O)OCc2ccccc2)c1. The van der Waals surface area contributed by atoms with Crippen molar-refractivity contribution in [2.24, 2.45) is 0 Å². The molecule has 0 aliphatic rings. The molecule has 0 atom stereocenters. The van der Waals surface area contributed by atoms with E-state index < -0.39 is 5.97 Å². The van der Waals surface area contributed by atoms with Gasteiger partial charge in [0.2, 0.25) is 0 Å². The first-order chi connectivity index (χ1) is 12.2. The fraction of sp³-hybridized carbons (Fsp3) is 0.105. The normalized spacial score (nSPS) is 10.0. The number of esters is 1. The van der Waals surface area contributed by atoms with Gasteiger partial charge in [0, 0.05) is 0 Å². The van der Waals surface area contributed by atoms with Gasteiger partial charge in [-0.15, -0.1) is 0 Å². The highest BCUT2D eigenvalue weighted by Gasteiger charge is 2.09. The quantitative estimate of drug-likeness (QED) is 0.647. The topological polar surface area (TPSA) is 77.1 Å². The Morgan fingerprint density at radius 3 is 2.68 bits per heavy atom. The lowest BCUT2D eigenvalue weighted by molar-refractivity contribution is -0.145. The van der Waals surface area contributed by atoms with Crippen molar-refractivity contribution in [3.63, 3.8) is 0 Å². The first kappa shape index (κ1) is 16.3. The van der Waals surface area contributed by atoms with Crippen LogP contribution in [-0.2, 0) is 22.7 Å². The minimum Gasteiger partial charge on any atom is -0.459 e. The fourth-order valence-electron chi connectivity index (χ4n) is 2.17. The van der Waals surface area contributed by atoms with Gasteiger partial charge in [0.25, 0.3) is 0 Å². The van der Waals surface area contributed by atoms with Gasteiger partial charge < -0.3 is 9.47 Å². The molecule has 25 heavy (non-hydrogen) atoms. The summed E-state index contributed by atoms with van der Waals surface area (Å²) in [4.78, 5) is 11.9. The summed E-state index contributed by atoms with van der Waals surface area (Å²) in [5.74, 6) is 0.491. The Morgan fingerprint density at radius 1 is 1.12 bits per heavy atom. The zero-order chi connectivity index (χ0) is 17.5. The molecule has 0 aliphatic carbocycles. The second kappa shape index (κ2) is 7.79. The maximum Gasteiger partial charge on any atom is 0.328 e. The van der Waals surface area contributed by atoms with E-state index in [0.717, 1.165) is 5.56 Å². The van der Waals surface area contributed by atoms with Crippen LogP contribution in [0.4, 0.5) is 0 Å². The molecule has 0 N–H and O–H groups in total. The van der Waals surface area contributed by atoms with E-state index in [1.807, 2.05) is 30.3 Å². The summed E-state index contributed by atoms with van der Waals surface area (Å²) < 4.78 is 12.3. The summed E-state index contributed by atoms with van der Waals surface area (Å²) in [6, 6.07) is 18.4. The van der Waals surface area contributed by atoms with Crippen LogP contribution < -0.4 is 4.74 Å². The third kappa shape index (κ3) is 4.45. The molecule has 1 heterocycles. The largest absolute Gasteiger partial charge is 0.459 e. The van der Waals surface area contributed by atoms with Gasteiger partial charge in [-0.3, -0.25) is 9.48 Å². The number of hydrogen-bond donors (Lipinski definition) is 0. The molecule has 0 amide bonds. The zero-order valence-electron chi connectivity index (χ0n) is 13.3.